The molecule has 0 bridgehead atoms. The van der Waals surface area contributed by atoms with Crippen LogP contribution in [0.15, 0.2) is 30.5 Å². The molecule has 1 aliphatic carbocycles. The van der Waals surface area contributed by atoms with E-state index in [-0.39, 0.29) is 0 Å². The number of halogens is 1. The third-order valence-electron chi connectivity index (χ3n) is 3.23. The first-order valence-corrected chi connectivity index (χ1v) is 7.30. The molecule has 1 fully saturated rings. The normalized spacial score (nSPS) is 14.0. The zero-order valence-electron chi connectivity index (χ0n) is 12.0. The van der Waals surface area contributed by atoms with Gasteiger partial charge >= 0.3 is 0 Å². The molecule has 2 aromatic rings. The van der Waals surface area contributed by atoms with E-state index in [0.29, 0.717) is 17.7 Å². The van der Waals surface area contributed by atoms with Crippen LogP contribution in [0.3, 0.4) is 0 Å². The minimum absolute atomic E-state index is 0.307. The van der Waals surface area contributed by atoms with Gasteiger partial charge in [-0.05, 0) is 43.5 Å². The highest BCUT2D eigenvalue weighted by Crippen LogP contribution is 2.29. The number of hydrogen-bond donors (Lipinski definition) is 1. The van der Waals surface area contributed by atoms with Crippen molar-refractivity contribution in [2.75, 3.05) is 11.9 Å². The van der Waals surface area contributed by atoms with Gasteiger partial charge in [0.15, 0.2) is 5.82 Å². The molecule has 1 aromatic carbocycles. The fourth-order valence-corrected chi connectivity index (χ4v) is 1.96. The number of benzene rings is 1. The molecule has 1 N–H and O–H groups in total. The first-order valence-electron chi connectivity index (χ1n) is 7.30. The maximum atomic E-state index is 13.9. The summed E-state index contributed by atoms with van der Waals surface area (Å²) in [7, 11) is 0. The van der Waals surface area contributed by atoms with Crippen LogP contribution in [0.2, 0.25) is 0 Å². The fraction of sp³-hybridized carbons (Fsp3) is 0.375. The highest BCUT2D eigenvalue weighted by molar-refractivity contribution is 5.61. The van der Waals surface area contributed by atoms with Crippen LogP contribution >= 0.6 is 0 Å². The van der Waals surface area contributed by atoms with E-state index in [1.165, 1.54) is 6.20 Å². The zero-order chi connectivity index (χ0) is 14.7. The molecule has 0 saturated heterocycles. The third kappa shape index (κ3) is 3.48. The summed E-state index contributed by atoms with van der Waals surface area (Å²) in [6.07, 6.45) is 4.76. The van der Waals surface area contributed by atoms with Gasteiger partial charge in [0.25, 0.3) is 0 Å². The molecule has 0 atom stereocenters. The number of anilines is 1. The van der Waals surface area contributed by atoms with Crippen LogP contribution in [0.25, 0.3) is 11.3 Å². The summed E-state index contributed by atoms with van der Waals surface area (Å²) in [5.41, 5.74) is 1.03. The Morgan fingerprint density at radius 2 is 2.05 bits per heavy atom. The Hall–Kier alpha value is -2.17. The molecule has 1 saturated carbocycles. The van der Waals surface area contributed by atoms with E-state index >= 15 is 0 Å². The van der Waals surface area contributed by atoms with E-state index < -0.39 is 5.82 Å². The second kappa shape index (κ2) is 6.08. The lowest BCUT2D eigenvalue weighted by Gasteiger charge is -2.08. The summed E-state index contributed by atoms with van der Waals surface area (Å²) in [5.74, 6) is 0.847. The molecule has 21 heavy (non-hydrogen) atoms. The Bertz CT molecular complexity index is 611. The maximum Gasteiger partial charge on any atom is 0.223 e. The highest BCUT2D eigenvalue weighted by atomic mass is 19.1. The molecule has 3 rings (SSSR count). The first kappa shape index (κ1) is 13.8. The van der Waals surface area contributed by atoms with Gasteiger partial charge in [-0.25, -0.2) is 14.4 Å². The molecule has 1 aliphatic rings. The average molecular weight is 287 g/mol. The number of aromatic nitrogens is 2. The predicted molar refractivity (Wildman–Crippen MR) is 79.9 cm³/mol. The Morgan fingerprint density at radius 3 is 2.71 bits per heavy atom. The molecule has 4 nitrogen and oxygen atoms in total. The quantitative estimate of drug-likeness (QED) is 0.881. The van der Waals surface area contributed by atoms with Crippen LogP contribution in [0.1, 0.15) is 26.2 Å². The van der Waals surface area contributed by atoms with Gasteiger partial charge in [0.1, 0.15) is 11.4 Å². The van der Waals surface area contributed by atoms with Gasteiger partial charge < -0.3 is 10.1 Å². The van der Waals surface area contributed by atoms with E-state index in [0.717, 1.165) is 37.1 Å². The smallest absolute Gasteiger partial charge is 0.223 e. The zero-order valence-corrected chi connectivity index (χ0v) is 12.0. The Kier molecular flexibility index (Phi) is 3.99. The lowest BCUT2D eigenvalue weighted by Crippen LogP contribution is -2.05. The molecule has 1 heterocycles. The van der Waals surface area contributed by atoms with Gasteiger partial charge in [-0.15, -0.1) is 0 Å². The first-order chi connectivity index (χ1) is 10.3. The standard InChI is InChI=1S/C16H18FN3O/c1-2-9-18-16-19-10-14(17)15(20-16)11-3-5-12(6-4-11)21-13-7-8-13/h3-6,10,13H,2,7-9H2,1H3,(H,18,19,20). The third-order valence-corrected chi connectivity index (χ3v) is 3.23. The second-order valence-electron chi connectivity index (χ2n) is 5.16. The van der Waals surface area contributed by atoms with E-state index in [9.17, 15) is 4.39 Å². The molecular weight excluding hydrogens is 269 g/mol. The topological polar surface area (TPSA) is 47.0 Å². The summed E-state index contributed by atoms with van der Waals surface area (Å²) in [6, 6.07) is 7.36. The lowest BCUT2D eigenvalue weighted by molar-refractivity contribution is 0.303. The summed E-state index contributed by atoms with van der Waals surface area (Å²) < 4.78 is 19.6. The Balaban J connectivity index is 1.80. The Labute approximate surface area is 123 Å². The number of ether oxygens (including phenoxy) is 1. The van der Waals surface area contributed by atoms with Gasteiger partial charge in [-0.2, -0.15) is 0 Å². The van der Waals surface area contributed by atoms with Crippen LogP contribution in [-0.4, -0.2) is 22.6 Å². The van der Waals surface area contributed by atoms with Gasteiger partial charge in [-0.3, -0.25) is 0 Å². The van der Waals surface area contributed by atoms with E-state index in [1.807, 2.05) is 24.3 Å². The van der Waals surface area contributed by atoms with Crippen molar-refractivity contribution in [2.45, 2.75) is 32.3 Å². The van der Waals surface area contributed by atoms with Crippen LogP contribution in [0.5, 0.6) is 5.75 Å². The summed E-state index contributed by atoms with van der Waals surface area (Å²) in [6.45, 7) is 2.81. The van der Waals surface area contributed by atoms with Gasteiger partial charge in [0.2, 0.25) is 5.95 Å². The van der Waals surface area contributed by atoms with Crippen molar-refractivity contribution >= 4 is 5.95 Å². The molecule has 0 aliphatic heterocycles. The van der Waals surface area contributed by atoms with Crippen molar-refractivity contribution in [2.24, 2.45) is 0 Å². The average Bonchev–Trinajstić information content (AvgIpc) is 3.31. The maximum absolute atomic E-state index is 13.9. The largest absolute Gasteiger partial charge is 0.490 e. The molecular formula is C16H18FN3O. The van der Waals surface area contributed by atoms with Crippen LogP contribution in [-0.2, 0) is 0 Å². The molecule has 0 amide bonds. The van der Waals surface area contributed by atoms with Crippen LogP contribution in [0.4, 0.5) is 10.3 Å². The van der Waals surface area contributed by atoms with E-state index in [2.05, 4.69) is 22.2 Å². The molecule has 110 valence electrons. The predicted octanol–water partition coefficient (Wildman–Crippen LogP) is 3.65. The summed E-state index contributed by atoms with van der Waals surface area (Å²) in [4.78, 5) is 8.19. The fourth-order valence-electron chi connectivity index (χ4n) is 1.96. The Morgan fingerprint density at radius 1 is 1.29 bits per heavy atom. The van der Waals surface area contributed by atoms with Crippen molar-refractivity contribution < 1.29 is 9.13 Å². The summed E-state index contributed by atoms with van der Waals surface area (Å²) in [5, 5.41) is 3.06. The van der Waals surface area contributed by atoms with Crippen LogP contribution in [0, 0.1) is 5.82 Å². The number of nitrogens with zero attached hydrogens (tertiary/aromatic N) is 2. The highest BCUT2D eigenvalue weighted by Gasteiger charge is 2.23. The van der Waals surface area contributed by atoms with Gasteiger partial charge in [-0.1, -0.05) is 6.92 Å². The number of nitrogens with one attached hydrogen (secondary N) is 1. The van der Waals surface area contributed by atoms with Gasteiger partial charge in [0.05, 0.1) is 12.3 Å². The minimum Gasteiger partial charge on any atom is -0.490 e. The second-order valence-corrected chi connectivity index (χ2v) is 5.16. The number of hydrogen-bond acceptors (Lipinski definition) is 4. The van der Waals surface area contributed by atoms with Gasteiger partial charge in [0, 0.05) is 12.1 Å². The van der Waals surface area contributed by atoms with Crippen LogP contribution < -0.4 is 10.1 Å². The van der Waals surface area contributed by atoms with Crippen molar-refractivity contribution in [3.05, 3.63) is 36.3 Å². The number of rotatable bonds is 6. The molecule has 5 heteroatoms. The van der Waals surface area contributed by atoms with Crippen molar-refractivity contribution in [1.82, 2.24) is 9.97 Å². The summed E-state index contributed by atoms with van der Waals surface area (Å²) >= 11 is 0. The minimum atomic E-state index is -0.423. The lowest BCUT2D eigenvalue weighted by atomic mass is 10.1. The molecule has 0 spiro atoms. The molecule has 0 radical (unpaired) electrons. The van der Waals surface area contributed by atoms with E-state index in [4.69, 9.17) is 4.74 Å². The SMILES string of the molecule is CCCNc1ncc(F)c(-c2ccc(OC3CC3)cc2)n1. The van der Waals surface area contributed by atoms with Crippen molar-refractivity contribution in [1.29, 1.82) is 0 Å². The van der Waals surface area contributed by atoms with E-state index in [1.54, 1.807) is 0 Å². The molecule has 0 unspecified atom stereocenters. The monoisotopic (exact) mass is 287 g/mol. The van der Waals surface area contributed by atoms with Crippen molar-refractivity contribution in [3.8, 4) is 17.0 Å². The molecule has 1 aromatic heterocycles. The van der Waals surface area contributed by atoms with Crippen molar-refractivity contribution in [3.63, 3.8) is 0 Å².